The van der Waals surface area contributed by atoms with Crippen LogP contribution in [0.5, 0.6) is 5.88 Å². The molecule has 1 aliphatic rings. The third-order valence-electron chi connectivity index (χ3n) is 5.98. The summed E-state index contributed by atoms with van der Waals surface area (Å²) in [6.45, 7) is 10.1. The molecule has 0 atom stereocenters. The maximum Gasteiger partial charge on any atom is 0.260 e. The van der Waals surface area contributed by atoms with E-state index in [0.717, 1.165) is 42.3 Å². The van der Waals surface area contributed by atoms with Crippen molar-refractivity contribution in [2.45, 2.75) is 78.0 Å². The molecule has 0 N–H and O–H groups in total. The summed E-state index contributed by atoms with van der Waals surface area (Å²) >= 11 is 0. The molecule has 0 unspecified atom stereocenters. The zero-order valence-electron chi connectivity index (χ0n) is 19.8. The average Bonchev–Trinajstić information content (AvgIpc) is 2.73. The Balaban J connectivity index is 1.80. The van der Waals surface area contributed by atoms with E-state index in [0.29, 0.717) is 22.9 Å². The molecule has 1 saturated carbocycles. The molecule has 32 heavy (non-hydrogen) atoms. The van der Waals surface area contributed by atoms with E-state index in [9.17, 15) is 4.79 Å². The highest BCUT2D eigenvalue weighted by Gasteiger charge is 2.29. The van der Waals surface area contributed by atoms with Crippen molar-refractivity contribution >= 4 is 11.0 Å². The average molecular weight is 437 g/mol. The molecular formula is C25H32N4O3. The lowest BCUT2D eigenvalue weighted by Gasteiger charge is -2.34. The molecule has 7 nitrogen and oxygen atoms in total. The van der Waals surface area contributed by atoms with Gasteiger partial charge in [0, 0.05) is 34.8 Å². The summed E-state index contributed by atoms with van der Waals surface area (Å²) in [6.07, 6.45) is 5.51. The van der Waals surface area contributed by atoms with E-state index in [1.165, 1.54) is 0 Å². The Morgan fingerprint density at radius 1 is 1.06 bits per heavy atom. The summed E-state index contributed by atoms with van der Waals surface area (Å²) in [6, 6.07) is 5.62. The van der Waals surface area contributed by atoms with E-state index in [2.05, 4.69) is 30.7 Å². The summed E-state index contributed by atoms with van der Waals surface area (Å²) in [4.78, 5) is 27.3. The summed E-state index contributed by atoms with van der Waals surface area (Å²) in [5.41, 5.74) is 2.75. The zero-order valence-corrected chi connectivity index (χ0v) is 19.8. The van der Waals surface area contributed by atoms with Crippen LogP contribution in [0.1, 0.15) is 64.0 Å². The fourth-order valence-electron chi connectivity index (χ4n) is 4.62. The van der Waals surface area contributed by atoms with E-state index in [4.69, 9.17) is 14.5 Å². The molecule has 0 aliphatic heterocycles. The van der Waals surface area contributed by atoms with Crippen molar-refractivity contribution in [3.63, 3.8) is 0 Å². The Hall–Kier alpha value is -2.80. The second-order valence-electron chi connectivity index (χ2n) is 9.58. The second kappa shape index (κ2) is 8.62. The maximum atomic E-state index is 13.8. The number of methoxy groups -OCH3 is 1. The molecule has 1 fully saturated rings. The van der Waals surface area contributed by atoms with Gasteiger partial charge in [-0.15, -0.1) is 0 Å². The van der Waals surface area contributed by atoms with Crippen LogP contribution >= 0.6 is 0 Å². The van der Waals surface area contributed by atoms with Crippen LogP contribution < -0.4 is 10.3 Å². The second-order valence-corrected chi connectivity index (χ2v) is 9.58. The van der Waals surface area contributed by atoms with Gasteiger partial charge in [-0.2, -0.15) is 0 Å². The molecule has 3 aromatic rings. The number of aryl methyl sites for hydroxylation is 2. The topological polar surface area (TPSA) is 79.1 Å². The first-order valence-electron chi connectivity index (χ1n) is 11.2. The van der Waals surface area contributed by atoms with Gasteiger partial charge in [-0.1, -0.05) is 0 Å². The van der Waals surface area contributed by atoms with Crippen LogP contribution in [-0.2, 0) is 4.74 Å². The third kappa shape index (κ3) is 4.53. The number of rotatable bonds is 4. The van der Waals surface area contributed by atoms with Crippen LogP contribution in [0.3, 0.4) is 0 Å². The van der Waals surface area contributed by atoms with Crippen molar-refractivity contribution in [1.29, 1.82) is 0 Å². The molecular weight excluding hydrogens is 404 g/mol. The summed E-state index contributed by atoms with van der Waals surface area (Å²) < 4.78 is 13.3. The van der Waals surface area contributed by atoms with Crippen molar-refractivity contribution < 1.29 is 9.47 Å². The molecule has 4 rings (SSSR count). The number of nitrogens with zero attached hydrogens (tertiary/aromatic N) is 4. The summed E-state index contributed by atoms with van der Waals surface area (Å²) in [7, 11) is 1.58. The SMILES string of the molecule is COc1ccc(-c2cc3c(C)nc(C)nc3n(C3CCC(OC(C)(C)C)CC3)c2=O)cn1. The van der Waals surface area contributed by atoms with Gasteiger partial charge in [0.1, 0.15) is 11.5 Å². The van der Waals surface area contributed by atoms with Crippen LogP contribution in [0.4, 0.5) is 0 Å². The summed E-state index contributed by atoms with van der Waals surface area (Å²) in [5.74, 6) is 1.19. The number of hydrogen-bond donors (Lipinski definition) is 0. The molecule has 0 radical (unpaired) electrons. The highest BCUT2D eigenvalue weighted by molar-refractivity contribution is 5.83. The lowest BCUT2D eigenvalue weighted by atomic mass is 9.91. The standard InChI is InChI=1S/C25H32N4O3/c1-15-20-13-21(17-7-12-22(31-6)26-14-17)24(30)29(23(20)28-16(2)27-15)18-8-10-19(11-9-18)32-25(3,4)5/h7,12-14,18-19H,8-11H2,1-6H3. The third-order valence-corrected chi connectivity index (χ3v) is 5.98. The highest BCUT2D eigenvalue weighted by atomic mass is 16.5. The number of ether oxygens (including phenoxy) is 2. The molecule has 7 heteroatoms. The van der Waals surface area contributed by atoms with Crippen LogP contribution in [-0.4, -0.2) is 38.3 Å². The molecule has 0 spiro atoms. The molecule has 0 saturated heterocycles. The molecule has 3 aromatic heterocycles. The molecule has 0 aromatic carbocycles. The van der Waals surface area contributed by atoms with E-state index < -0.39 is 0 Å². The van der Waals surface area contributed by atoms with Gasteiger partial charge in [-0.3, -0.25) is 9.36 Å². The Bertz CT molecular complexity index is 1170. The quantitative estimate of drug-likeness (QED) is 0.586. The predicted octanol–water partition coefficient (Wildman–Crippen LogP) is 4.78. The van der Waals surface area contributed by atoms with E-state index in [1.54, 1.807) is 19.4 Å². The van der Waals surface area contributed by atoms with Gasteiger partial charge in [0.25, 0.3) is 5.56 Å². The summed E-state index contributed by atoms with van der Waals surface area (Å²) in [5, 5.41) is 0.897. The Morgan fingerprint density at radius 3 is 2.38 bits per heavy atom. The molecule has 0 amide bonds. The van der Waals surface area contributed by atoms with E-state index in [-0.39, 0.29) is 23.3 Å². The number of pyridine rings is 2. The van der Waals surface area contributed by atoms with Crippen molar-refractivity contribution in [2.24, 2.45) is 0 Å². The van der Waals surface area contributed by atoms with E-state index >= 15 is 0 Å². The lowest BCUT2D eigenvalue weighted by Crippen LogP contribution is -2.34. The first kappa shape index (κ1) is 22.4. The van der Waals surface area contributed by atoms with Gasteiger partial charge in [0.15, 0.2) is 0 Å². The first-order chi connectivity index (χ1) is 15.2. The van der Waals surface area contributed by atoms with E-state index in [1.807, 2.05) is 30.5 Å². The number of hydrogen-bond acceptors (Lipinski definition) is 6. The smallest absolute Gasteiger partial charge is 0.260 e. The van der Waals surface area contributed by atoms with Gasteiger partial charge in [-0.05, 0) is 72.4 Å². The number of aromatic nitrogens is 4. The molecule has 3 heterocycles. The molecule has 170 valence electrons. The Kier molecular flexibility index (Phi) is 6.03. The number of fused-ring (bicyclic) bond motifs is 1. The maximum absolute atomic E-state index is 13.8. The minimum absolute atomic E-state index is 0.0397. The fraction of sp³-hybridized carbons (Fsp3) is 0.520. The van der Waals surface area contributed by atoms with Crippen molar-refractivity contribution in [3.8, 4) is 17.0 Å². The first-order valence-corrected chi connectivity index (χ1v) is 11.2. The minimum atomic E-state index is -0.163. The van der Waals surface area contributed by atoms with Crippen molar-refractivity contribution in [1.82, 2.24) is 19.5 Å². The van der Waals surface area contributed by atoms with Gasteiger partial charge in [0.2, 0.25) is 5.88 Å². The van der Waals surface area contributed by atoms with Crippen LogP contribution in [0.15, 0.2) is 29.2 Å². The van der Waals surface area contributed by atoms with Crippen molar-refractivity contribution in [2.75, 3.05) is 7.11 Å². The van der Waals surface area contributed by atoms with Gasteiger partial charge in [0.05, 0.1) is 24.5 Å². The van der Waals surface area contributed by atoms with Gasteiger partial charge < -0.3 is 9.47 Å². The van der Waals surface area contributed by atoms with Gasteiger partial charge >= 0.3 is 0 Å². The van der Waals surface area contributed by atoms with Gasteiger partial charge in [-0.25, -0.2) is 15.0 Å². The van der Waals surface area contributed by atoms with Crippen molar-refractivity contribution in [3.05, 3.63) is 46.3 Å². The highest BCUT2D eigenvalue weighted by Crippen LogP contribution is 2.34. The monoisotopic (exact) mass is 436 g/mol. The van der Waals surface area contributed by atoms with Crippen LogP contribution in [0.2, 0.25) is 0 Å². The predicted molar refractivity (Wildman–Crippen MR) is 125 cm³/mol. The minimum Gasteiger partial charge on any atom is -0.481 e. The molecule has 1 aliphatic carbocycles. The largest absolute Gasteiger partial charge is 0.481 e. The zero-order chi connectivity index (χ0) is 23.0. The van der Waals surface area contributed by atoms with Crippen LogP contribution in [0.25, 0.3) is 22.2 Å². The fourth-order valence-corrected chi connectivity index (χ4v) is 4.62. The normalized spacial score (nSPS) is 19.3. The van der Waals surface area contributed by atoms with Crippen LogP contribution in [0, 0.1) is 13.8 Å². The Morgan fingerprint density at radius 2 is 1.78 bits per heavy atom. The lowest BCUT2D eigenvalue weighted by molar-refractivity contribution is -0.0774. The molecule has 0 bridgehead atoms. The Labute approximate surface area is 188 Å².